The summed E-state index contributed by atoms with van der Waals surface area (Å²) in [6, 6.07) is 3.76. The van der Waals surface area contributed by atoms with Gasteiger partial charge in [-0.25, -0.2) is 0 Å². The van der Waals surface area contributed by atoms with Gasteiger partial charge >= 0.3 is 0 Å². The number of hydrogen-bond acceptors (Lipinski definition) is 3. The fourth-order valence-corrected chi connectivity index (χ4v) is 1.29. The summed E-state index contributed by atoms with van der Waals surface area (Å²) < 4.78 is 5.20. The number of aliphatic hydroxyl groups is 1. The maximum absolute atomic E-state index is 9.17. The second-order valence-corrected chi connectivity index (χ2v) is 3.24. The number of furan rings is 1. The summed E-state index contributed by atoms with van der Waals surface area (Å²) in [4.78, 5) is 1.93. The molecule has 0 unspecified atom stereocenters. The maximum Gasteiger partial charge on any atom is 0.105 e. The van der Waals surface area contributed by atoms with E-state index in [-0.39, 0.29) is 12.6 Å². The first-order valence-corrected chi connectivity index (χ1v) is 4.55. The van der Waals surface area contributed by atoms with E-state index >= 15 is 0 Å². The van der Waals surface area contributed by atoms with Crippen LogP contribution in [0.5, 0.6) is 0 Å². The number of rotatable bonds is 5. The minimum absolute atomic E-state index is 0.0252. The third-order valence-corrected chi connectivity index (χ3v) is 2.19. The molecule has 0 amide bonds. The molecule has 0 aliphatic heterocycles. The molecule has 0 aliphatic carbocycles. The second-order valence-electron chi connectivity index (χ2n) is 3.24. The summed E-state index contributed by atoms with van der Waals surface area (Å²) in [5, 5.41) is 9.17. The fraction of sp³-hybridized carbons (Fsp3) is 0.455. The average molecular weight is 193 g/mol. The van der Waals surface area contributed by atoms with Crippen LogP contribution in [0, 0.1) is 12.3 Å². The van der Waals surface area contributed by atoms with Crippen molar-refractivity contribution < 1.29 is 9.52 Å². The Labute approximate surface area is 84.3 Å². The minimum Gasteiger partial charge on any atom is -0.469 e. The third kappa shape index (κ3) is 2.91. The van der Waals surface area contributed by atoms with E-state index < -0.39 is 0 Å². The normalized spacial score (nSPS) is 12.7. The van der Waals surface area contributed by atoms with Gasteiger partial charge in [-0.05, 0) is 19.2 Å². The van der Waals surface area contributed by atoms with Crippen LogP contribution in [0.15, 0.2) is 22.8 Å². The standard InChI is InChI=1S/C11H15NO2/c1-3-6-12(2)10(9-13)8-11-5-4-7-14-11/h1,4-5,7,10,13H,6,8-9H2,2H3/t10-/m0/s1. The molecule has 14 heavy (non-hydrogen) atoms. The van der Waals surface area contributed by atoms with E-state index in [9.17, 15) is 0 Å². The van der Waals surface area contributed by atoms with Gasteiger partial charge in [0.05, 0.1) is 19.4 Å². The Morgan fingerprint density at radius 3 is 3.00 bits per heavy atom. The van der Waals surface area contributed by atoms with Crippen molar-refractivity contribution in [3.05, 3.63) is 24.2 Å². The van der Waals surface area contributed by atoms with Gasteiger partial charge in [0.15, 0.2) is 0 Å². The van der Waals surface area contributed by atoms with Crippen LogP contribution in [0.4, 0.5) is 0 Å². The second kappa shape index (κ2) is 5.48. The first-order valence-electron chi connectivity index (χ1n) is 4.55. The van der Waals surface area contributed by atoms with Crippen LogP contribution in [0.2, 0.25) is 0 Å². The maximum atomic E-state index is 9.17. The van der Waals surface area contributed by atoms with Gasteiger partial charge < -0.3 is 9.52 Å². The van der Waals surface area contributed by atoms with E-state index in [1.807, 2.05) is 24.1 Å². The molecule has 0 saturated carbocycles. The summed E-state index contributed by atoms with van der Waals surface area (Å²) in [6.45, 7) is 0.616. The Morgan fingerprint density at radius 2 is 2.50 bits per heavy atom. The van der Waals surface area contributed by atoms with Crippen molar-refractivity contribution in [1.82, 2.24) is 4.90 Å². The molecule has 0 bridgehead atoms. The van der Waals surface area contributed by atoms with Crippen molar-refractivity contribution in [1.29, 1.82) is 0 Å². The molecule has 1 rings (SSSR count). The highest BCUT2D eigenvalue weighted by atomic mass is 16.3. The highest BCUT2D eigenvalue weighted by Crippen LogP contribution is 2.07. The van der Waals surface area contributed by atoms with Crippen LogP contribution in [0.25, 0.3) is 0 Å². The zero-order valence-corrected chi connectivity index (χ0v) is 8.31. The topological polar surface area (TPSA) is 36.6 Å². The van der Waals surface area contributed by atoms with Crippen LogP contribution in [0.1, 0.15) is 5.76 Å². The van der Waals surface area contributed by atoms with E-state index in [1.54, 1.807) is 6.26 Å². The molecule has 76 valence electrons. The van der Waals surface area contributed by atoms with Crippen molar-refractivity contribution in [2.45, 2.75) is 12.5 Å². The lowest BCUT2D eigenvalue weighted by atomic mass is 10.1. The van der Waals surface area contributed by atoms with Crippen LogP contribution in [0.3, 0.4) is 0 Å². The number of likely N-dealkylation sites (N-methyl/N-ethyl adjacent to an activating group) is 1. The van der Waals surface area contributed by atoms with Crippen LogP contribution in [-0.2, 0) is 6.42 Å². The van der Waals surface area contributed by atoms with Gasteiger partial charge in [-0.2, -0.15) is 0 Å². The lowest BCUT2D eigenvalue weighted by Crippen LogP contribution is -2.36. The van der Waals surface area contributed by atoms with Crippen LogP contribution < -0.4 is 0 Å². The summed E-state index contributed by atoms with van der Waals surface area (Å²) in [7, 11) is 1.89. The number of nitrogens with zero attached hydrogens (tertiary/aromatic N) is 1. The van der Waals surface area contributed by atoms with Crippen molar-refractivity contribution in [3.63, 3.8) is 0 Å². The van der Waals surface area contributed by atoms with Gasteiger partial charge in [0.1, 0.15) is 5.76 Å². The lowest BCUT2D eigenvalue weighted by Gasteiger charge is -2.23. The molecular formula is C11H15NO2. The SMILES string of the molecule is C#CCN(C)[C@H](CO)Cc1ccco1. The number of aliphatic hydroxyl groups excluding tert-OH is 1. The Bertz CT molecular complexity index is 287. The van der Waals surface area contributed by atoms with Crippen LogP contribution >= 0.6 is 0 Å². The first-order chi connectivity index (χ1) is 6.77. The molecule has 1 aromatic heterocycles. The van der Waals surface area contributed by atoms with Gasteiger partial charge in [-0.1, -0.05) is 5.92 Å². The number of terminal acetylenes is 1. The minimum atomic E-state index is 0.0252. The first kappa shape index (κ1) is 10.8. The molecular weight excluding hydrogens is 178 g/mol. The summed E-state index contributed by atoms with van der Waals surface area (Å²) in [5.41, 5.74) is 0. The molecule has 0 spiro atoms. The predicted molar refractivity (Wildman–Crippen MR) is 54.7 cm³/mol. The molecule has 1 heterocycles. The summed E-state index contributed by atoms with van der Waals surface area (Å²) >= 11 is 0. The van der Waals surface area contributed by atoms with Gasteiger partial charge in [0, 0.05) is 12.5 Å². The van der Waals surface area contributed by atoms with E-state index in [4.69, 9.17) is 15.9 Å². The van der Waals surface area contributed by atoms with E-state index in [2.05, 4.69) is 5.92 Å². The molecule has 1 N–H and O–H groups in total. The lowest BCUT2D eigenvalue weighted by molar-refractivity contribution is 0.154. The molecule has 0 fully saturated rings. The van der Waals surface area contributed by atoms with Gasteiger partial charge in [-0.3, -0.25) is 4.90 Å². The highest BCUT2D eigenvalue weighted by Gasteiger charge is 2.14. The smallest absolute Gasteiger partial charge is 0.105 e. The molecule has 0 radical (unpaired) electrons. The van der Waals surface area contributed by atoms with Gasteiger partial charge in [0.25, 0.3) is 0 Å². The van der Waals surface area contributed by atoms with Crippen molar-refractivity contribution in [3.8, 4) is 12.3 Å². The fourth-order valence-electron chi connectivity index (χ4n) is 1.29. The summed E-state index contributed by atoms with van der Waals surface area (Å²) in [6.07, 6.45) is 7.51. The average Bonchev–Trinajstić information content (AvgIpc) is 2.66. The molecule has 0 aromatic carbocycles. The zero-order valence-electron chi connectivity index (χ0n) is 8.31. The van der Waals surface area contributed by atoms with Crippen molar-refractivity contribution in [2.75, 3.05) is 20.2 Å². The predicted octanol–water partition coefficient (Wildman–Crippen LogP) is 0.748. The quantitative estimate of drug-likeness (QED) is 0.701. The molecule has 1 atom stereocenters. The summed E-state index contributed by atoms with van der Waals surface area (Å²) in [5.74, 6) is 3.41. The zero-order chi connectivity index (χ0) is 10.4. The molecule has 3 heteroatoms. The van der Waals surface area contributed by atoms with Crippen molar-refractivity contribution in [2.24, 2.45) is 0 Å². The Kier molecular flexibility index (Phi) is 4.24. The highest BCUT2D eigenvalue weighted by molar-refractivity contribution is 5.01. The molecule has 0 aliphatic rings. The van der Waals surface area contributed by atoms with E-state index in [0.717, 1.165) is 5.76 Å². The largest absolute Gasteiger partial charge is 0.469 e. The van der Waals surface area contributed by atoms with Gasteiger partial charge in [0.2, 0.25) is 0 Å². The Balaban J connectivity index is 2.51. The van der Waals surface area contributed by atoms with E-state index in [0.29, 0.717) is 13.0 Å². The van der Waals surface area contributed by atoms with E-state index in [1.165, 1.54) is 0 Å². The van der Waals surface area contributed by atoms with Gasteiger partial charge in [-0.15, -0.1) is 6.42 Å². The Morgan fingerprint density at radius 1 is 1.71 bits per heavy atom. The molecule has 3 nitrogen and oxygen atoms in total. The molecule has 0 saturated heterocycles. The number of hydrogen-bond donors (Lipinski definition) is 1. The van der Waals surface area contributed by atoms with Crippen molar-refractivity contribution >= 4 is 0 Å². The monoisotopic (exact) mass is 193 g/mol. The molecule has 1 aromatic rings. The third-order valence-electron chi connectivity index (χ3n) is 2.19. The Hall–Kier alpha value is -1.24. The van der Waals surface area contributed by atoms with Crippen LogP contribution in [-0.4, -0.2) is 36.2 Å².